The molecule has 0 spiro atoms. The lowest BCUT2D eigenvalue weighted by atomic mass is 10.1. The van der Waals surface area contributed by atoms with E-state index in [4.69, 9.17) is 4.74 Å². The van der Waals surface area contributed by atoms with E-state index in [2.05, 4.69) is 24.1 Å². The Hall–Kier alpha value is -2.07. The Kier molecular flexibility index (Phi) is 4.82. The van der Waals surface area contributed by atoms with Crippen molar-refractivity contribution in [2.75, 3.05) is 33.2 Å². The summed E-state index contributed by atoms with van der Waals surface area (Å²) in [5.74, 6) is 0.867. The van der Waals surface area contributed by atoms with E-state index in [1.54, 1.807) is 0 Å². The molecule has 0 N–H and O–H groups in total. The van der Waals surface area contributed by atoms with Crippen LogP contribution >= 0.6 is 0 Å². The lowest BCUT2D eigenvalue weighted by Gasteiger charge is -2.34. The first-order valence-electron chi connectivity index (χ1n) is 8.30. The molecule has 4 heteroatoms. The van der Waals surface area contributed by atoms with Crippen LogP contribution in [0.15, 0.2) is 42.5 Å². The average molecular weight is 312 g/mol. The molecule has 0 aromatic heterocycles. The molecule has 3 rings (SSSR count). The number of carbonyl (C=O) groups excluding carboxylic acids is 1. The minimum Gasteiger partial charge on any atom is -0.481 e. The largest absolute Gasteiger partial charge is 0.481 e. The van der Waals surface area contributed by atoms with Crippen molar-refractivity contribution in [1.29, 1.82) is 0 Å². The van der Waals surface area contributed by atoms with Gasteiger partial charge < -0.3 is 14.5 Å². The Bertz CT molecular complexity index is 678. The highest BCUT2D eigenvalue weighted by molar-refractivity contribution is 5.84. The van der Waals surface area contributed by atoms with Crippen LogP contribution in [0.2, 0.25) is 0 Å². The molecule has 1 atom stereocenters. The van der Waals surface area contributed by atoms with Crippen LogP contribution in [0.3, 0.4) is 0 Å². The number of nitrogens with zero attached hydrogens (tertiary/aromatic N) is 2. The molecule has 1 aliphatic rings. The van der Waals surface area contributed by atoms with Crippen molar-refractivity contribution in [3.8, 4) is 5.75 Å². The van der Waals surface area contributed by atoms with Crippen molar-refractivity contribution in [1.82, 2.24) is 9.80 Å². The molecule has 0 bridgehead atoms. The van der Waals surface area contributed by atoms with Gasteiger partial charge in [0.25, 0.3) is 5.91 Å². The molecule has 1 saturated heterocycles. The fourth-order valence-electron chi connectivity index (χ4n) is 2.94. The van der Waals surface area contributed by atoms with Gasteiger partial charge in [0.1, 0.15) is 5.75 Å². The number of ether oxygens (including phenoxy) is 1. The molecule has 1 heterocycles. The summed E-state index contributed by atoms with van der Waals surface area (Å²) in [6.45, 7) is 5.43. The fraction of sp³-hybridized carbons (Fsp3) is 0.421. The van der Waals surface area contributed by atoms with Gasteiger partial charge in [-0.3, -0.25) is 4.79 Å². The summed E-state index contributed by atoms with van der Waals surface area (Å²) in [6, 6.07) is 14.2. The van der Waals surface area contributed by atoms with Crippen LogP contribution < -0.4 is 4.74 Å². The minimum absolute atomic E-state index is 0.105. The van der Waals surface area contributed by atoms with Crippen LogP contribution in [0.5, 0.6) is 5.75 Å². The molecule has 1 aliphatic heterocycles. The van der Waals surface area contributed by atoms with Gasteiger partial charge in [-0.1, -0.05) is 37.3 Å². The van der Waals surface area contributed by atoms with E-state index in [-0.39, 0.29) is 5.91 Å². The van der Waals surface area contributed by atoms with Gasteiger partial charge in [0, 0.05) is 26.2 Å². The zero-order chi connectivity index (χ0) is 16.2. The SMILES string of the molecule is CCC(Oc1ccc2ccccc2c1)C(=O)N1CCN(C)CC1. The van der Waals surface area contributed by atoms with Gasteiger partial charge >= 0.3 is 0 Å². The van der Waals surface area contributed by atoms with Crippen LogP contribution in [0.25, 0.3) is 10.8 Å². The van der Waals surface area contributed by atoms with Crippen LogP contribution in [0, 0.1) is 0 Å². The number of benzene rings is 2. The van der Waals surface area contributed by atoms with Gasteiger partial charge in [-0.25, -0.2) is 0 Å². The van der Waals surface area contributed by atoms with Crippen LogP contribution in [-0.4, -0.2) is 55.0 Å². The Balaban J connectivity index is 1.71. The summed E-state index contributed by atoms with van der Waals surface area (Å²) >= 11 is 0. The van der Waals surface area contributed by atoms with Crippen LogP contribution in [-0.2, 0) is 4.79 Å². The first kappa shape index (κ1) is 15.8. The Morgan fingerprint density at radius 2 is 1.78 bits per heavy atom. The molecule has 0 radical (unpaired) electrons. The van der Waals surface area contributed by atoms with Crippen molar-refractivity contribution in [3.63, 3.8) is 0 Å². The number of fused-ring (bicyclic) bond motifs is 1. The Morgan fingerprint density at radius 1 is 1.09 bits per heavy atom. The van der Waals surface area contributed by atoms with Crippen molar-refractivity contribution in [2.45, 2.75) is 19.4 Å². The third-order valence-corrected chi connectivity index (χ3v) is 4.46. The van der Waals surface area contributed by atoms with Crippen molar-refractivity contribution < 1.29 is 9.53 Å². The van der Waals surface area contributed by atoms with E-state index in [0.29, 0.717) is 6.42 Å². The second-order valence-electron chi connectivity index (χ2n) is 6.15. The normalized spacial score (nSPS) is 17.2. The number of amides is 1. The molecule has 23 heavy (non-hydrogen) atoms. The van der Waals surface area contributed by atoms with Gasteiger partial charge in [-0.15, -0.1) is 0 Å². The van der Waals surface area contributed by atoms with E-state index < -0.39 is 6.10 Å². The molecular weight excluding hydrogens is 288 g/mol. The third kappa shape index (κ3) is 3.64. The van der Waals surface area contributed by atoms with Crippen LogP contribution in [0.4, 0.5) is 0 Å². The predicted molar refractivity (Wildman–Crippen MR) is 92.7 cm³/mol. The minimum atomic E-state index is -0.403. The average Bonchev–Trinajstić information content (AvgIpc) is 2.59. The predicted octanol–water partition coefficient (Wildman–Crippen LogP) is 2.77. The van der Waals surface area contributed by atoms with E-state index in [0.717, 1.165) is 37.3 Å². The third-order valence-electron chi connectivity index (χ3n) is 4.46. The van der Waals surface area contributed by atoms with E-state index in [1.807, 2.05) is 42.2 Å². The fourth-order valence-corrected chi connectivity index (χ4v) is 2.94. The molecule has 2 aromatic carbocycles. The van der Waals surface area contributed by atoms with Crippen molar-refractivity contribution in [2.24, 2.45) is 0 Å². The molecule has 1 unspecified atom stereocenters. The van der Waals surface area contributed by atoms with Gasteiger partial charge in [0.05, 0.1) is 0 Å². The number of piperazine rings is 1. The number of likely N-dealkylation sites (N-methyl/N-ethyl adjacent to an activating group) is 1. The number of hydrogen-bond donors (Lipinski definition) is 0. The highest BCUT2D eigenvalue weighted by atomic mass is 16.5. The molecular formula is C19H24N2O2. The molecule has 0 saturated carbocycles. The summed E-state index contributed by atoms with van der Waals surface area (Å²) in [6.07, 6.45) is 0.275. The van der Waals surface area contributed by atoms with E-state index >= 15 is 0 Å². The van der Waals surface area contributed by atoms with Crippen molar-refractivity contribution >= 4 is 16.7 Å². The standard InChI is InChI=1S/C19H24N2O2/c1-3-18(19(22)21-12-10-20(2)11-13-21)23-17-9-8-15-6-4-5-7-16(15)14-17/h4-9,14,18H,3,10-13H2,1-2H3. The zero-order valence-electron chi connectivity index (χ0n) is 13.9. The summed E-state index contributed by atoms with van der Waals surface area (Å²) in [5, 5.41) is 2.31. The van der Waals surface area contributed by atoms with Gasteiger partial charge in [0.15, 0.2) is 6.10 Å². The van der Waals surface area contributed by atoms with Gasteiger partial charge in [-0.05, 0) is 36.4 Å². The lowest BCUT2D eigenvalue weighted by Crippen LogP contribution is -2.51. The summed E-state index contributed by atoms with van der Waals surface area (Å²) in [5.41, 5.74) is 0. The molecule has 0 aliphatic carbocycles. The zero-order valence-corrected chi connectivity index (χ0v) is 13.9. The first-order valence-corrected chi connectivity index (χ1v) is 8.30. The monoisotopic (exact) mass is 312 g/mol. The van der Waals surface area contributed by atoms with E-state index in [9.17, 15) is 4.79 Å². The number of rotatable bonds is 4. The lowest BCUT2D eigenvalue weighted by molar-refractivity contribution is -0.140. The molecule has 1 fully saturated rings. The number of hydrogen-bond acceptors (Lipinski definition) is 3. The maximum absolute atomic E-state index is 12.7. The highest BCUT2D eigenvalue weighted by Crippen LogP contribution is 2.22. The summed E-state index contributed by atoms with van der Waals surface area (Å²) < 4.78 is 6.01. The second kappa shape index (κ2) is 7.01. The molecule has 2 aromatic rings. The first-order chi connectivity index (χ1) is 11.2. The maximum atomic E-state index is 12.7. The summed E-state index contributed by atoms with van der Waals surface area (Å²) in [7, 11) is 2.09. The molecule has 4 nitrogen and oxygen atoms in total. The molecule has 1 amide bonds. The summed E-state index contributed by atoms with van der Waals surface area (Å²) in [4.78, 5) is 16.9. The van der Waals surface area contributed by atoms with Gasteiger partial charge in [0.2, 0.25) is 0 Å². The molecule has 122 valence electrons. The van der Waals surface area contributed by atoms with E-state index in [1.165, 1.54) is 5.39 Å². The second-order valence-corrected chi connectivity index (χ2v) is 6.15. The number of carbonyl (C=O) groups is 1. The van der Waals surface area contributed by atoms with Gasteiger partial charge in [-0.2, -0.15) is 0 Å². The smallest absolute Gasteiger partial charge is 0.263 e. The van der Waals surface area contributed by atoms with Crippen LogP contribution in [0.1, 0.15) is 13.3 Å². The maximum Gasteiger partial charge on any atom is 0.263 e. The quantitative estimate of drug-likeness (QED) is 0.870. The highest BCUT2D eigenvalue weighted by Gasteiger charge is 2.26. The Morgan fingerprint density at radius 3 is 2.48 bits per heavy atom. The Labute approximate surface area is 137 Å². The van der Waals surface area contributed by atoms with Crippen molar-refractivity contribution in [3.05, 3.63) is 42.5 Å². The topological polar surface area (TPSA) is 32.8 Å².